The molecule has 4 nitrogen and oxygen atoms in total. The van der Waals surface area contributed by atoms with E-state index in [1.54, 1.807) is 12.1 Å². The van der Waals surface area contributed by atoms with Crippen molar-refractivity contribution in [1.82, 2.24) is 9.55 Å². The number of aryl methyl sites for hydroxylation is 1. The Kier molecular flexibility index (Phi) is 4.55. The van der Waals surface area contributed by atoms with E-state index in [1.807, 2.05) is 4.57 Å². The lowest BCUT2D eigenvalue weighted by molar-refractivity contribution is -0.137. The molecule has 0 aliphatic carbocycles. The van der Waals surface area contributed by atoms with Gasteiger partial charge in [0.15, 0.2) is 0 Å². The number of imidazole rings is 1. The molecular weight excluding hydrogens is 299 g/mol. The first kappa shape index (κ1) is 15.1. The topological polar surface area (TPSA) is 55.1 Å². The van der Waals surface area contributed by atoms with Gasteiger partial charge in [0.25, 0.3) is 0 Å². The number of carboxylic acid groups (broad SMARTS) is 1. The molecule has 0 aliphatic rings. The molecule has 0 unspecified atom stereocenters. The Bertz CT molecular complexity index is 650. The van der Waals surface area contributed by atoms with Crippen LogP contribution in [-0.2, 0) is 11.3 Å². The van der Waals surface area contributed by atoms with E-state index < -0.39 is 5.97 Å². The minimum Gasteiger partial charge on any atom is -0.481 e. The van der Waals surface area contributed by atoms with Gasteiger partial charge in [-0.25, -0.2) is 4.98 Å². The molecule has 2 rings (SSSR count). The average molecular weight is 315 g/mol. The minimum absolute atomic E-state index is 0.137. The third-order valence-corrected chi connectivity index (χ3v) is 3.83. The Hall–Kier alpha value is -1.26. The van der Waals surface area contributed by atoms with E-state index in [-0.39, 0.29) is 12.3 Å². The summed E-state index contributed by atoms with van der Waals surface area (Å²) in [6.07, 6.45) is 0.694. The number of aromatic nitrogens is 2. The molecule has 108 valence electrons. The van der Waals surface area contributed by atoms with Crippen molar-refractivity contribution in [2.24, 2.45) is 0 Å². The number of hydrogen-bond acceptors (Lipinski definition) is 2. The number of aliphatic carboxylic acids is 1. The highest BCUT2D eigenvalue weighted by molar-refractivity contribution is 6.42. The van der Waals surface area contributed by atoms with Gasteiger partial charge >= 0.3 is 5.97 Å². The van der Waals surface area contributed by atoms with Crippen LogP contribution in [0.3, 0.4) is 0 Å². The summed E-state index contributed by atoms with van der Waals surface area (Å²) in [5.74, 6) is 0.370. The largest absolute Gasteiger partial charge is 0.481 e. The van der Waals surface area contributed by atoms with Crippen LogP contribution in [0, 0.1) is 0 Å². The van der Waals surface area contributed by atoms with E-state index in [0.717, 1.165) is 16.9 Å². The number of rotatable bonds is 5. The van der Waals surface area contributed by atoms with Crippen LogP contribution in [0.5, 0.6) is 0 Å². The van der Waals surface area contributed by atoms with E-state index in [2.05, 4.69) is 18.8 Å². The molecule has 0 fully saturated rings. The smallest absolute Gasteiger partial charge is 0.303 e. The zero-order valence-electron chi connectivity index (χ0n) is 11.4. The molecule has 1 aromatic carbocycles. The molecule has 0 saturated carbocycles. The molecule has 20 heavy (non-hydrogen) atoms. The lowest BCUT2D eigenvalue weighted by atomic mass is 10.2. The fourth-order valence-corrected chi connectivity index (χ4v) is 2.52. The maximum absolute atomic E-state index is 10.6. The molecule has 0 atom stereocenters. The molecule has 0 bridgehead atoms. The first-order valence-electron chi connectivity index (χ1n) is 6.47. The maximum atomic E-state index is 10.6. The molecule has 6 heteroatoms. The van der Waals surface area contributed by atoms with Gasteiger partial charge in [-0.15, -0.1) is 0 Å². The van der Waals surface area contributed by atoms with Crippen molar-refractivity contribution in [2.45, 2.75) is 39.2 Å². The molecule has 1 heterocycles. The maximum Gasteiger partial charge on any atom is 0.303 e. The van der Waals surface area contributed by atoms with Crippen LogP contribution in [-0.4, -0.2) is 20.6 Å². The second kappa shape index (κ2) is 6.02. The zero-order valence-corrected chi connectivity index (χ0v) is 12.9. The van der Waals surface area contributed by atoms with Crippen LogP contribution < -0.4 is 0 Å². The number of nitrogens with zero attached hydrogens (tertiary/aromatic N) is 2. The first-order valence-corrected chi connectivity index (χ1v) is 7.22. The predicted molar refractivity (Wildman–Crippen MR) is 80.7 cm³/mol. The third kappa shape index (κ3) is 3.07. The summed E-state index contributed by atoms with van der Waals surface area (Å²) in [7, 11) is 0. The predicted octanol–water partition coefficient (Wildman–Crippen LogP) is 4.33. The van der Waals surface area contributed by atoms with Crippen molar-refractivity contribution in [1.29, 1.82) is 0 Å². The van der Waals surface area contributed by atoms with Crippen molar-refractivity contribution >= 4 is 40.2 Å². The minimum atomic E-state index is -0.790. The molecule has 1 aromatic heterocycles. The standard InChI is InChI=1S/C14H16Cl2N2O2/c1-8(2)14-17-11-6-9(15)10(16)7-12(11)18(14)5-3-4-13(19)20/h6-8H,3-5H2,1-2H3,(H,19,20). The zero-order chi connectivity index (χ0) is 14.9. The Morgan fingerprint density at radius 1 is 1.35 bits per heavy atom. The molecule has 2 aromatic rings. The summed E-state index contributed by atoms with van der Waals surface area (Å²) >= 11 is 12.1. The molecule has 0 radical (unpaired) electrons. The summed E-state index contributed by atoms with van der Waals surface area (Å²) in [5.41, 5.74) is 1.69. The lowest BCUT2D eigenvalue weighted by Crippen LogP contribution is -2.07. The van der Waals surface area contributed by atoms with E-state index >= 15 is 0 Å². The second-order valence-corrected chi connectivity index (χ2v) is 5.84. The van der Waals surface area contributed by atoms with Crippen LogP contribution in [0.25, 0.3) is 11.0 Å². The summed E-state index contributed by atoms with van der Waals surface area (Å²) in [4.78, 5) is 15.2. The summed E-state index contributed by atoms with van der Waals surface area (Å²) in [5, 5.41) is 9.71. The average Bonchev–Trinajstić information content (AvgIpc) is 2.68. The van der Waals surface area contributed by atoms with Gasteiger partial charge in [-0.3, -0.25) is 4.79 Å². The van der Waals surface area contributed by atoms with E-state index in [9.17, 15) is 4.79 Å². The van der Waals surface area contributed by atoms with Gasteiger partial charge < -0.3 is 9.67 Å². The van der Waals surface area contributed by atoms with Gasteiger partial charge in [0, 0.05) is 18.9 Å². The summed E-state index contributed by atoms with van der Waals surface area (Å²) in [6, 6.07) is 3.54. The van der Waals surface area contributed by atoms with Gasteiger partial charge in [-0.1, -0.05) is 37.0 Å². The Morgan fingerprint density at radius 3 is 2.60 bits per heavy atom. The van der Waals surface area contributed by atoms with Gasteiger partial charge in [0.2, 0.25) is 0 Å². The number of carbonyl (C=O) groups is 1. The number of fused-ring (bicyclic) bond motifs is 1. The number of hydrogen-bond donors (Lipinski definition) is 1. The van der Waals surface area contributed by atoms with Crippen LogP contribution in [0.2, 0.25) is 10.0 Å². The quantitative estimate of drug-likeness (QED) is 0.893. The Labute approximate surface area is 127 Å². The highest BCUT2D eigenvalue weighted by atomic mass is 35.5. The molecule has 1 N–H and O–H groups in total. The van der Waals surface area contributed by atoms with E-state index in [1.165, 1.54) is 0 Å². The monoisotopic (exact) mass is 314 g/mol. The van der Waals surface area contributed by atoms with Crippen LogP contribution >= 0.6 is 23.2 Å². The van der Waals surface area contributed by atoms with Crippen molar-refractivity contribution in [3.63, 3.8) is 0 Å². The van der Waals surface area contributed by atoms with Gasteiger partial charge in [0.1, 0.15) is 5.82 Å². The molecule has 0 amide bonds. The Balaban J connectivity index is 2.45. The normalized spacial score (nSPS) is 11.4. The van der Waals surface area contributed by atoms with E-state index in [0.29, 0.717) is 23.0 Å². The fourth-order valence-electron chi connectivity index (χ4n) is 2.20. The van der Waals surface area contributed by atoms with Gasteiger partial charge in [-0.05, 0) is 18.6 Å². The van der Waals surface area contributed by atoms with Crippen LogP contribution in [0.15, 0.2) is 12.1 Å². The molecular formula is C14H16Cl2N2O2. The van der Waals surface area contributed by atoms with Crippen molar-refractivity contribution in [3.05, 3.63) is 28.0 Å². The number of halogens is 2. The van der Waals surface area contributed by atoms with Crippen molar-refractivity contribution in [3.8, 4) is 0 Å². The van der Waals surface area contributed by atoms with Crippen molar-refractivity contribution < 1.29 is 9.90 Å². The van der Waals surface area contributed by atoms with Crippen LogP contribution in [0.4, 0.5) is 0 Å². The fraction of sp³-hybridized carbons (Fsp3) is 0.429. The molecule has 0 saturated heterocycles. The van der Waals surface area contributed by atoms with Gasteiger partial charge in [-0.2, -0.15) is 0 Å². The first-order chi connectivity index (χ1) is 9.40. The van der Waals surface area contributed by atoms with Crippen molar-refractivity contribution in [2.75, 3.05) is 0 Å². The summed E-state index contributed by atoms with van der Waals surface area (Å²) in [6.45, 7) is 4.71. The number of carboxylic acids is 1. The summed E-state index contributed by atoms with van der Waals surface area (Å²) < 4.78 is 2.03. The second-order valence-electron chi connectivity index (χ2n) is 5.03. The third-order valence-electron chi connectivity index (χ3n) is 3.11. The number of benzene rings is 1. The molecule has 0 aliphatic heterocycles. The van der Waals surface area contributed by atoms with Crippen LogP contribution in [0.1, 0.15) is 38.4 Å². The lowest BCUT2D eigenvalue weighted by Gasteiger charge is -2.11. The highest BCUT2D eigenvalue weighted by Crippen LogP contribution is 2.30. The van der Waals surface area contributed by atoms with E-state index in [4.69, 9.17) is 28.3 Å². The molecule has 0 spiro atoms. The Morgan fingerprint density at radius 2 is 2.00 bits per heavy atom. The SMILES string of the molecule is CC(C)c1nc2cc(Cl)c(Cl)cc2n1CCCC(=O)O. The van der Waals surface area contributed by atoms with Gasteiger partial charge in [0.05, 0.1) is 21.1 Å². The highest BCUT2D eigenvalue weighted by Gasteiger charge is 2.15.